The van der Waals surface area contributed by atoms with E-state index >= 15 is 0 Å². The fourth-order valence-corrected chi connectivity index (χ4v) is 1.42. The number of alkyl halides is 10. The predicted molar refractivity (Wildman–Crippen MR) is 59.6 cm³/mol. The number of carbonyl (C=O) groups excluding carboxylic acids is 1. The fourth-order valence-electron chi connectivity index (χ4n) is 1.42. The number of carbonyl (C=O) groups is 2. The van der Waals surface area contributed by atoms with E-state index in [4.69, 9.17) is 5.11 Å². The van der Waals surface area contributed by atoms with Gasteiger partial charge in [0.15, 0.2) is 0 Å². The highest BCUT2D eigenvalue weighted by atomic mass is 19.4. The highest BCUT2D eigenvalue weighted by Gasteiger charge is 2.69. The van der Waals surface area contributed by atoms with Gasteiger partial charge in [0.05, 0.1) is 11.1 Å². The summed E-state index contributed by atoms with van der Waals surface area (Å²) < 4.78 is 131. The van der Waals surface area contributed by atoms with E-state index in [1.807, 2.05) is 0 Å². The first kappa shape index (κ1) is 21.5. The van der Waals surface area contributed by atoms with E-state index in [1.54, 1.807) is 0 Å². The molecular formula is C12H4F10O4. The topological polar surface area (TPSA) is 63.6 Å². The monoisotopic (exact) mass is 402 g/mol. The Morgan fingerprint density at radius 1 is 0.731 bits per heavy atom. The molecule has 0 aliphatic carbocycles. The molecule has 0 amide bonds. The number of hydrogen-bond donors (Lipinski definition) is 1. The first-order valence-electron chi connectivity index (χ1n) is 5.91. The second-order valence-electron chi connectivity index (χ2n) is 4.59. The Labute approximate surface area is 136 Å². The Morgan fingerprint density at radius 3 is 1.42 bits per heavy atom. The molecule has 146 valence electrons. The molecule has 0 aliphatic rings. The highest BCUT2D eigenvalue weighted by molar-refractivity contribution is 5.90. The molecule has 1 aromatic rings. The van der Waals surface area contributed by atoms with Crippen molar-refractivity contribution in [1.82, 2.24) is 0 Å². The Hall–Kier alpha value is -2.54. The maximum atomic E-state index is 13.2. The summed E-state index contributed by atoms with van der Waals surface area (Å²) in [5.41, 5.74) is -4.16. The van der Waals surface area contributed by atoms with Crippen LogP contribution in [0.2, 0.25) is 0 Å². The normalized spacial score (nSPS) is 13.5. The fraction of sp³-hybridized carbons (Fsp3) is 0.333. The summed E-state index contributed by atoms with van der Waals surface area (Å²) in [7, 11) is 0. The molecule has 0 atom stereocenters. The molecule has 0 saturated carbocycles. The molecule has 0 aromatic heterocycles. The van der Waals surface area contributed by atoms with Crippen LogP contribution in [0.25, 0.3) is 0 Å². The van der Waals surface area contributed by atoms with Crippen LogP contribution in [0.3, 0.4) is 0 Å². The highest BCUT2D eigenvalue weighted by Crippen LogP contribution is 2.40. The molecule has 0 radical (unpaired) electrons. The van der Waals surface area contributed by atoms with E-state index in [2.05, 4.69) is 4.74 Å². The first-order chi connectivity index (χ1) is 11.4. The maximum absolute atomic E-state index is 13.2. The van der Waals surface area contributed by atoms with Crippen molar-refractivity contribution in [2.75, 3.05) is 0 Å². The SMILES string of the molecule is O=C(O)C(F)(F)C(F)(F)C(=O)Oc1cc(C(F)(F)F)cc(C(F)(F)F)c1. The smallest absolute Gasteiger partial charge is 0.416 e. The van der Waals surface area contributed by atoms with Crippen molar-refractivity contribution in [3.05, 3.63) is 29.3 Å². The van der Waals surface area contributed by atoms with Crippen LogP contribution in [0.1, 0.15) is 11.1 Å². The molecule has 0 aliphatic heterocycles. The summed E-state index contributed by atoms with van der Waals surface area (Å²) in [6.07, 6.45) is -10.9. The molecule has 0 spiro atoms. The lowest BCUT2D eigenvalue weighted by Crippen LogP contribution is -2.53. The number of rotatable bonds is 4. The van der Waals surface area contributed by atoms with Gasteiger partial charge in [-0.15, -0.1) is 0 Å². The van der Waals surface area contributed by atoms with Crippen LogP contribution >= 0.6 is 0 Å². The zero-order valence-corrected chi connectivity index (χ0v) is 11.7. The Kier molecular flexibility index (Phi) is 5.23. The van der Waals surface area contributed by atoms with Crippen LogP contribution in [0.5, 0.6) is 5.75 Å². The van der Waals surface area contributed by atoms with Crippen molar-refractivity contribution in [3.63, 3.8) is 0 Å². The van der Waals surface area contributed by atoms with Crippen LogP contribution in [-0.4, -0.2) is 28.9 Å². The van der Waals surface area contributed by atoms with Gasteiger partial charge in [0.2, 0.25) is 0 Å². The average molecular weight is 402 g/mol. The Bertz CT molecular complexity index is 687. The largest absolute Gasteiger partial charge is 0.477 e. The lowest BCUT2D eigenvalue weighted by Gasteiger charge is -2.21. The number of halogens is 10. The molecule has 1 rings (SSSR count). The molecule has 0 saturated heterocycles. The summed E-state index contributed by atoms with van der Waals surface area (Å²) in [6.45, 7) is 0. The van der Waals surface area contributed by atoms with Gasteiger partial charge in [0.25, 0.3) is 0 Å². The lowest BCUT2D eigenvalue weighted by molar-refractivity contribution is -0.229. The molecule has 1 N–H and O–H groups in total. The summed E-state index contributed by atoms with van der Waals surface area (Å²) in [4.78, 5) is 21.1. The zero-order chi connectivity index (χ0) is 20.7. The maximum Gasteiger partial charge on any atom is 0.416 e. The summed E-state index contributed by atoms with van der Waals surface area (Å²) in [5, 5.41) is 7.96. The minimum atomic E-state index is -6.08. The second kappa shape index (κ2) is 6.32. The molecule has 0 heterocycles. The van der Waals surface area contributed by atoms with Gasteiger partial charge in [-0.2, -0.15) is 43.9 Å². The second-order valence-corrected chi connectivity index (χ2v) is 4.59. The minimum Gasteiger partial charge on any atom is -0.477 e. The Morgan fingerprint density at radius 2 is 1.12 bits per heavy atom. The molecule has 0 unspecified atom stereocenters. The van der Waals surface area contributed by atoms with Gasteiger partial charge < -0.3 is 9.84 Å². The first-order valence-corrected chi connectivity index (χ1v) is 5.91. The quantitative estimate of drug-likeness (QED) is 0.470. The summed E-state index contributed by atoms with van der Waals surface area (Å²) in [5.74, 6) is -20.7. The number of carboxylic acids is 1. The zero-order valence-electron chi connectivity index (χ0n) is 11.7. The third kappa shape index (κ3) is 4.16. The molecule has 0 fully saturated rings. The van der Waals surface area contributed by atoms with Gasteiger partial charge in [-0.3, -0.25) is 0 Å². The van der Waals surface area contributed by atoms with Crippen molar-refractivity contribution in [1.29, 1.82) is 0 Å². The predicted octanol–water partition coefficient (Wildman–Crippen LogP) is 3.98. The van der Waals surface area contributed by atoms with Crippen LogP contribution in [-0.2, 0) is 21.9 Å². The van der Waals surface area contributed by atoms with E-state index in [-0.39, 0.29) is 12.1 Å². The van der Waals surface area contributed by atoms with E-state index < -0.39 is 59.1 Å². The van der Waals surface area contributed by atoms with Crippen molar-refractivity contribution < 1.29 is 63.3 Å². The number of ether oxygens (including phenoxy) is 1. The molecule has 4 nitrogen and oxygen atoms in total. The molecular weight excluding hydrogens is 398 g/mol. The molecule has 0 bridgehead atoms. The van der Waals surface area contributed by atoms with Gasteiger partial charge in [-0.25, -0.2) is 9.59 Å². The number of hydrogen-bond acceptors (Lipinski definition) is 3. The van der Waals surface area contributed by atoms with Crippen LogP contribution < -0.4 is 4.74 Å². The van der Waals surface area contributed by atoms with Crippen molar-refractivity contribution in [3.8, 4) is 5.75 Å². The number of benzene rings is 1. The number of aliphatic carboxylic acids is 1. The standard InChI is InChI=1S/C12H4F10O4/c13-9(14,7(23)24)10(15,16)8(25)26-6-2-4(11(17,18)19)1-5(3-6)12(20,21)22/h1-3H,(H,23,24). The van der Waals surface area contributed by atoms with Gasteiger partial charge in [0.1, 0.15) is 5.75 Å². The van der Waals surface area contributed by atoms with E-state index in [0.717, 1.165) is 0 Å². The van der Waals surface area contributed by atoms with E-state index in [0.29, 0.717) is 0 Å². The average Bonchev–Trinajstić information content (AvgIpc) is 2.44. The summed E-state index contributed by atoms with van der Waals surface area (Å²) in [6, 6.07) is -1.11. The lowest BCUT2D eigenvalue weighted by atomic mass is 10.1. The van der Waals surface area contributed by atoms with Crippen LogP contribution in [0.15, 0.2) is 18.2 Å². The van der Waals surface area contributed by atoms with Gasteiger partial charge in [0, 0.05) is 0 Å². The summed E-state index contributed by atoms with van der Waals surface area (Å²) >= 11 is 0. The molecule has 26 heavy (non-hydrogen) atoms. The van der Waals surface area contributed by atoms with E-state index in [9.17, 15) is 53.5 Å². The van der Waals surface area contributed by atoms with E-state index in [1.165, 1.54) is 0 Å². The third-order valence-electron chi connectivity index (χ3n) is 2.69. The van der Waals surface area contributed by atoms with Crippen LogP contribution in [0.4, 0.5) is 43.9 Å². The number of esters is 1. The number of carboxylic acid groups (broad SMARTS) is 1. The molecule has 1 aromatic carbocycles. The van der Waals surface area contributed by atoms with Gasteiger partial charge >= 0.3 is 36.1 Å². The van der Waals surface area contributed by atoms with Gasteiger partial charge in [-0.05, 0) is 18.2 Å². The van der Waals surface area contributed by atoms with Crippen molar-refractivity contribution in [2.45, 2.75) is 24.2 Å². The van der Waals surface area contributed by atoms with Crippen LogP contribution in [0, 0.1) is 0 Å². The Balaban J connectivity index is 3.36. The van der Waals surface area contributed by atoms with Gasteiger partial charge in [-0.1, -0.05) is 0 Å². The van der Waals surface area contributed by atoms with Crippen molar-refractivity contribution in [2.24, 2.45) is 0 Å². The molecule has 14 heteroatoms. The third-order valence-corrected chi connectivity index (χ3v) is 2.69. The minimum absolute atomic E-state index is 0.331. The van der Waals surface area contributed by atoms with Crippen molar-refractivity contribution >= 4 is 11.9 Å².